The molecule has 0 fully saturated rings. The third-order valence-corrected chi connectivity index (χ3v) is 1.86. The molecule has 0 radical (unpaired) electrons. The van der Waals surface area contributed by atoms with Crippen LogP contribution in [0.1, 0.15) is 34.1 Å². The minimum atomic E-state index is -1.25. The van der Waals surface area contributed by atoms with Crippen molar-refractivity contribution in [2.24, 2.45) is 11.8 Å². The molecule has 0 aromatic rings. The molecule has 0 bridgehead atoms. The highest BCUT2D eigenvalue weighted by Gasteiger charge is 2.28. The molecule has 5 heteroatoms. The molecular weight excluding hydrogens is 200 g/mol. The van der Waals surface area contributed by atoms with Gasteiger partial charge in [0.15, 0.2) is 0 Å². The van der Waals surface area contributed by atoms with Crippen LogP contribution in [-0.2, 0) is 14.4 Å². The van der Waals surface area contributed by atoms with E-state index in [0.29, 0.717) is 0 Å². The molecule has 0 amide bonds. The Bertz CT molecular complexity index is 244. The van der Waals surface area contributed by atoms with E-state index in [0.717, 1.165) is 0 Å². The van der Waals surface area contributed by atoms with Crippen molar-refractivity contribution < 1.29 is 24.6 Å². The predicted octanol–water partition coefficient (Wildman–Crippen LogP) is 1.41. The molecule has 0 heterocycles. The summed E-state index contributed by atoms with van der Waals surface area (Å²) in [5, 5.41) is 17.1. The summed E-state index contributed by atoms with van der Waals surface area (Å²) in [5.74, 6) is -4.33. The van der Waals surface area contributed by atoms with Gasteiger partial charge >= 0.3 is 11.9 Å². The number of carbonyl (C=O) groups excluding carboxylic acids is 1. The van der Waals surface area contributed by atoms with Crippen molar-refractivity contribution in [3.05, 3.63) is 0 Å². The molecule has 1 unspecified atom stereocenters. The standard InChI is InChI=1S/C9H14O5.CH4/c1-5(2)8(12)6(9(13)14)3-4-7(10)11;/h5-6H,3-4H2,1-2H3,(H,10,11)(H,13,14);1H4. The van der Waals surface area contributed by atoms with E-state index >= 15 is 0 Å². The maximum Gasteiger partial charge on any atom is 0.314 e. The zero-order valence-electron chi connectivity index (χ0n) is 8.19. The molecule has 2 N–H and O–H groups in total. The number of carboxylic acid groups (broad SMARTS) is 2. The van der Waals surface area contributed by atoms with Crippen molar-refractivity contribution in [2.45, 2.75) is 34.1 Å². The van der Waals surface area contributed by atoms with Gasteiger partial charge in [0.05, 0.1) is 0 Å². The van der Waals surface area contributed by atoms with Crippen LogP contribution < -0.4 is 0 Å². The molecule has 0 rings (SSSR count). The third kappa shape index (κ3) is 5.83. The highest BCUT2D eigenvalue weighted by atomic mass is 16.4. The quantitative estimate of drug-likeness (QED) is 0.658. The first-order chi connectivity index (χ1) is 6.36. The minimum absolute atomic E-state index is 0. The van der Waals surface area contributed by atoms with E-state index in [4.69, 9.17) is 10.2 Å². The van der Waals surface area contributed by atoms with Crippen molar-refractivity contribution in [3.8, 4) is 0 Å². The maximum absolute atomic E-state index is 11.3. The Morgan fingerprint density at radius 3 is 1.87 bits per heavy atom. The number of aliphatic carboxylic acids is 2. The number of hydrogen-bond acceptors (Lipinski definition) is 3. The van der Waals surface area contributed by atoms with Gasteiger partial charge in [-0.05, 0) is 6.42 Å². The Morgan fingerprint density at radius 1 is 1.13 bits per heavy atom. The third-order valence-electron chi connectivity index (χ3n) is 1.86. The van der Waals surface area contributed by atoms with Crippen LogP contribution in [0.15, 0.2) is 0 Å². The molecule has 0 aromatic heterocycles. The van der Waals surface area contributed by atoms with Gasteiger partial charge < -0.3 is 10.2 Å². The van der Waals surface area contributed by atoms with Gasteiger partial charge in [0, 0.05) is 12.3 Å². The number of Topliss-reactive ketones (excluding diaryl/α,β-unsaturated/α-hetero) is 1. The first-order valence-corrected chi connectivity index (χ1v) is 4.34. The van der Waals surface area contributed by atoms with Crippen LogP contribution in [0.5, 0.6) is 0 Å². The summed E-state index contributed by atoms with van der Waals surface area (Å²) in [4.78, 5) is 32.2. The first-order valence-electron chi connectivity index (χ1n) is 4.34. The lowest BCUT2D eigenvalue weighted by atomic mass is 9.91. The maximum atomic E-state index is 11.3. The molecule has 0 aliphatic carbocycles. The Balaban J connectivity index is 0. The summed E-state index contributed by atoms with van der Waals surface area (Å²) in [6, 6.07) is 0. The second-order valence-corrected chi connectivity index (χ2v) is 3.38. The summed E-state index contributed by atoms with van der Waals surface area (Å²) >= 11 is 0. The number of ketones is 1. The van der Waals surface area contributed by atoms with E-state index in [-0.39, 0.29) is 26.2 Å². The Hall–Kier alpha value is -1.39. The van der Waals surface area contributed by atoms with Gasteiger partial charge in [0.25, 0.3) is 0 Å². The van der Waals surface area contributed by atoms with Gasteiger partial charge in [0.2, 0.25) is 0 Å². The van der Waals surface area contributed by atoms with Crippen LogP contribution in [0.4, 0.5) is 0 Å². The largest absolute Gasteiger partial charge is 0.481 e. The molecule has 5 nitrogen and oxygen atoms in total. The van der Waals surface area contributed by atoms with Gasteiger partial charge in [-0.15, -0.1) is 0 Å². The lowest BCUT2D eigenvalue weighted by molar-refractivity contribution is -0.148. The van der Waals surface area contributed by atoms with Crippen LogP contribution in [0.2, 0.25) is 0 Å². The zero-order chi connectivity index (χ0) is 11.3. The SMILES string of the molecule is C.CC(C)C(=O)C(CCC(=O)O)C(=O)O. The molecule has 88 valence electrons. The zero-order valence-corrected chi connectivity index (χ0v) is 8.19. The smallest absolute Gasteiger partial charge is 0.314 e. The van der Waals surface area contributed by atoms with E-state index in [9.17, 15) is 14.4 Å². The highest BCUT2D eigenvalue weighted by Crippen LogP contribution is 2.13. The number of carboxylic acids is 2. The molecule has 1 atom stereocenters. The lowest BCUT2D eigenvalue weighted by Crippen LogP contribution is -2.28. The van der Waals surface area contributed by atoms with Gasteiger partial charge in [-0.1, -0.05) is 21.3 Å². The average molecular weight is 218 g/mol. The molecule has 0 spiro atoms. The van der Waals surface area contributed by atoms with Gasteiger partial charge in [-0.25, -0.2) is 0 Å². The van der Waals surface area contributed by atoms with Crippen LogP contribution in [-0.4, -0.2) is 27.9 Å². The first kappa shape index (κ1) is 16.1. The summed E-state index contributed by atoms with van der Waals surface area (Å²) in [5.41, 5.74) is 0. The number of carbonyl (C=O) groups is 3. The van der Waals surface area contributed by atoms with E-state index in [1.54, 1.807) is 13.8 Å². The van der Waals surface area contributed by atoms with Crippen molar-refractivity contribution in [3.63, 3.8) is 0 Å². The van der Waals surface area contributed by atoms with Gasteiger partial charge in [0.1, 0.15) is 11.7 Å². The Labute approximate surface area is 89.1 Å². The van der Waals surface area contributed by atoms with Gasteiger partial charge in [-0.2, -0.15) is 0 Å². The van der Waals surface area contributed by atoms with Crippen LogP contribution in [0.25, 0.3) is 0 Å². The molecule has 15 heavy (non-hydrogen) atoms. The van der Waals surface area contributed by atoms with Crippen molar-refractivity contribution in [1.82, 2.24) is 0 Å². The highest BCUT2D eigenvalue weighted by molar-refractivity contribution is 5.99. The Kier molecular flexibility index (Phi) is 7.47. The lowest BCUT2D eigenvalue weighted by Gasteiger charge is -2.11. The second-order valence-electron chi connectivity index (χ2n) is 3.38. The fourth-order valence-corrected chi connectivity index (χ4v) is 1.06. The molecule has 0 aliphatic rings. The van der Waals surface area contributed by atoms with Crippen molar-refractivity contribution in [2.75, 3.05) is 0 Å². The number of hydrogen-bond donors (Lipinski definition) is 2. The molecule has 0 saturated heterocycles. The van der Waals surface area contributed by atoms with Crippen molar-refractivity contribution in [1.29, 1.82) is 0 Å². The van der Waals surface area contributed by atoms with E-state index in [1.807, 2.05) is 0 Å². The summed E-state index contributed by atoms with van der Waals surface area (Å²) in [7, 11) is 0. The second kappa shape index (κ2) is 6.98. The van der Waals surface area contributed by atoms with Crippen LogP contribution >= 0.6 is 0 Å². The molecule has 0 saturated carbocycles. The summed E-state index contributed by atoms with van der Waals surface area (Å²) in [6.07, 6.45) is -0.433. The fourth-order valence-electron chi connectivity index (χ4n) is 1.06. The fraction of sp³-hybridized carbons (Fsp3) is 0.700. The topological polar surface area (TPSA) is 91.7 Å². The Morgan fingerprint density at radius 2 is 1.60 bits per heavy atom. The summed E-state index contributed by atoms with van der Waals surface area (Å²) in [6.45, 7) is 3.19. The summed E-state index contributed by atoms with van der Waals surface area (Å²) < 4.78 is 0. The molecular formula is C10H18O5. The number of rotatable bonds is 6. The minimum Gasteiger partial charge on any atom is -0.481 e. The normalized spacial score (nSPS) is 11.7. The average Bonchev–Trinajstić information content (AvgIpc) is 2.02. The van der Waals surface area contributed by atoms with E-state index in [1.165, 1.54) is 0 Å². The molecule has 0 aliphatic heterocycles. The van der Waals surface area contributed by atoms with Crippen LogP contribution in [0, 0.1) is 11.8 Å². The predicted molar refractivity (Wildman–Crippen MR) is 54.6 cm³/mol. The molecule has 0 aromatic carbocycles. The van der Waals surface area contributed by atoms with E-state index in [2.05, 4.69) is 0 Å². The van der Waals surface area contributed by atoms with E-state index < -0.39 is 23.6 Å². The monoisotopic (exact) mass is 218 g/mol. The van der Waals surface area contributed by atoms with Crippen molar-refractivity contribution >= 4 is 17.7 Å². The van der Waals surface area contributed by atoms with Gasteiger partial charge in [-0.3, -0.25) is 14.4 Å². The van der Waals surface area contributed by atoms with Crippen LogP contribution in [0.3, 0.4) is 0 Å².